The van der Waals surface area contributed by atoms with Crippen molar-refractivity contribution in [3.63, 3.8) is 0 Å². The molecule has 1 aliphatic heterocycles. The van der Waals surface area contributed by atoms with Gasteiger partial charge in [0.25, 0.3) is 0 Å². The Morgan fingerprint density at radius 1 is 1.05 bits per heavy atom. The Labute approximate surface area is 123 Å². The van der Waals surface area contributed by atoms with E-state index in [1.165, 1.54) is 7.11 Å². The maximum Gasteiger partial charge on any atom is 0.375 e. The van der Waals surface area contributed by atoms with Gasteiger partial charge in [0.15, 0.2) is 0 Å². The van der Waals surface area contributed by atoms with Gasteiger partial charge >= 0.3 is 5.97 Å². The number of ether oxygens (including phenoxy) is 2. The first-order valence-electron chi connectivity index (χ1n) is 6.65. The zero-order valence-corrected chi connectivity index (χ0v) is 11.6. The minimum absolute atomic E-state index is 0.204. The molecule has 3 rings (SSSR count). The summed E-state index contributed by atoms with van der Waals surface area (Å²) < 4.78 is 10.5. The fraction of sp³-hybridized carbons (Fsp3) is 0.118. The van der Waals surface area contributed by atoms with Gasteiger partial charge in [-0.25, -0.2) is 4.79 Å². The average molecular weight is 281 g/mol. The number of carbonyl (C=O) groups excluding carboxylic acids is 1. The number of hydrogen-bond donors (Lipinski definition) is 0. The molecule has 2 aromatic carbocycles. The van der Waals surface area contributed by atoms with Gasteiger partial charge < -0.3 is 14.4 Å². The summed E-state index contributed by atoms with van der Waals surface area (Å²) in [6.45, 7) is 0. The summed E-state index contributed by atoms with van der Waals surface area (Å²) in [5.74, 6) is -0.274. The fourth-order valence-electron chi connectivity index (χ4n) is 2.26. The smallest absolute Gasteiger partial charge is 0.375 e. The second kappa shape index (κ2) is 5.71. The van der Waals surface area contributed by atoms with Gasteiger partial charge in [-0.05, 0) is 12.1 Å². The zero-order valence-electron chi connectivity index (χ0n) is 11.6. The van der Waals surface area contributed by atoms with Crippen LogP contribution in [0.3, 0.4) is 0 Å². The number of carbonyl (C=O) groups is 1. The van der Waals surface area contributed by atoms with E-state index in [4.69, 9.17) is 9.47 Å². The van der Waals surface area contributed by atoms with E-state index in [9.17, 15) is 4.79 Å². The Balaban J connectivity index is 1.98. The molecule has 0 saturated carbocycles. The van der Waals surface area contributed by atoms with E-state index in [2.05, 4.69) is 0 Å². The van der Waals surface area contributed by atoms with E-state index < -0.39 is 5.97 Å². The summed E-state index contributed by atoms with van der Waals surface area (Å²) >= 11 is 0. The van der Waals surface area contributed by atoms with Crippen LogP contribution in [0.2, 0.25) is 0 Å². The molecule has 21 heavy (non-hydrogen) atoms. The van der Waals surface area contributed by atoms with Crippen LogP contribution in [0.25, 0.3) is 0 Å². The molecule has 4 nitrogen and oxygen atoms in total. The largest absolute Gasteiger partial charge is 0.463 e. The molecule has 0 amide bonds. The first-order valence-corrected chi connectivity index (χ1v) is 6.65. The van der Waals surface area contributed by atoms with Gasteiger partial charge in [0.05, 0.1) is 13.3 Å². The molecule has 0 fully saturated rings. The molecule has 0 saturated heterocycles. The molecule has 0 radical (unpaired) electrons. The zero-order chi connectivity index (χ0) is 14.7. The maximum absolute atomic E-state index is 11.7. The van der Waals surface area contributed by atoms with Crippen molar-refractivity contribution in [2.45, 2.75) is 6.23 Å². The minimum Gasteiger partial charge on any atom is -0.463 e. The van der Waals surface area contributed by atoms with E-state index >= 15 is 0 Å². The summed E-state index contributed by atoms with van der Waals surface area (Å²) in [6, 6.07) is 19.5. The summed E-state index contributed by atoms with van der Waals surface area (Å²) in [5.41, 5.74) is 1.92. The van der Waals surface area contributed by atoms with Crippen molar-refractivity contribution >= 4 is 11.7 Å². The fourth-order valence-corrected chi connectivity index (χ4v) is 2.26. The number of para-hydroxylation sites is 1. The van der Waals surface area contributed by atoms with Gasteiger partial charge in [-0.3, -0.25) is 0 Å². The second-order valence-corrected chi connectivity index (χ2v) is 4.61. The number of esters is 1. The summed E-state index contributed by atoms with van der Waals surface area (Å²) in [7, 11) is 1.34. The van der Waals surface area contributed by atoms with Gasteiger partial charge in [0, 0.05) is 11.3 Å². The first-order chi connectivity index (χ1) is 10.3. The number of hydrogen-bond acceptors (Lipinski definition) is 4. The van der Waals surface area contributed by atoms with Crippen molar-refractivity contribution < 1.29 is 14.3 Å². The third kappa shape index (κ3) is 2.60. The molecule has 2 aromatic rings. The lowest BCUT2D eigenvalue weighted by atomic mass is 10.1. The molecule has 0 aliphatic carbocycles. The van der Waals surface area contributed by atoms with Gasteiger partial charge in [-0.1, -0.05) is 48.5 Å². The normalized spacial score (nSPS) is 17.1. The Morgan fingerprint density at radius 2 is 1.67 bits per heavy atom. The molecule has 1 aliphatic rings. The van der Waals surface area contributed by atoms with Crippen molar-refractivity contribution in [3.8, 4) is 0 Å². The quantitative estimate of drug-likeness (QED) is 0.810. The third-order valence-electron chi connectivity index (χ3n) is 3.27. The molecule has 0 aromatic heterocycles. The highest BCUT2D eigenvalue weighted by molar-refractivity contribution is 5.87. The molecule has 0 bridgehead atoms. The van der Waals surface area contributed by atoms with Crippen molar-refractivity contribution in [2.24, 2.45) is 0 Å². The number of anilines is 1. The van der Waals surface area contributed by atoms with Gasteiger partial charge in [0.2, 0.25) is 12.0 Å². The number of methoxy groups -OCH3 is 1. The number of rotatable bonds is 3. The molecule has 106 valence electrons. The van der Waals surface area contributed by atoms with Crippen LogP contribution >= 0.6 is 0 Å². The summed E-state index contributed by atoms with van der Waals surface area (Å²) in [4.78, 5) is 13.6. The third-order valence-corrected chi connectivity index (χ3v) is 3.27. The molecular weight excluding hydrogens is 266 g/mol. The Morgan fingerprint density at radius 3 is 2.29 bits per heavy atom. The maximum atomic E-state index is 11.7. The van der Waals surface area contributed by atoms with Crippen molar-refractivity contribution in [1.82, 2.24) is 0 Å². The van der Waals surface area contributed by atoms with Crippen LogP contribution in [0.1, 0.15) is 11.8 Å². The van der Waals surface area contributed by atoms with Crippen LogP contribution in [0.4, 0.5) is 5.69 Å². The summed E-state index contributed by atoms with van der Waals surface area (Å²) in [5, 5.41) is 0. The molecule has 0 spiro atoms. The standard InChI is InChI=1S/C17H15NO3/c1-20-17(19)15-12-18(14-10-6-3-7-11-14)16(21-15)13-8-4-2-5-9-13/h2-12,16H,1H3. The highest BCUT2D eigenvalue weighted by Gasteiger charge is 2.32. The van der Waals surface area contributed by atoms with Gasteiger partial charge in [-0.15, -0.1) is 0 Å². The van der Waals surface area contributed by atoms with Crippen molar-refractivity contribution in [1.29, 1.82) is 0 Å². The second-order valence-electron chi connectivity index (χ2n) is 4.61. The van der Waals surface area contributed by atoms with Crippen LogP contribution in [-0.2, 0) is 14.3 Å². The number of benzene rings is 2. The van der Waals surface area contributed by atoms with E-state index in [0.717, 1.165) is 11.3 Å². The van der Waals surface area contributed by atoms with E-state index in [-0.39, 0.29) is 12.0 Å². The highest BCUT2D eigenvalue weighted by atomic mass is 16.6. The van der Waals surface area contributed by atoms with Crippen molar-refractivity contribution in [2.75, 3.05) is 12.0 Å². The molecular formula is C17H15NO3. The van der Waals surface area contributed by atoms with Crippen LogP contribution in [-0.4, -0.2) is 13.1 Å². The van der Waals surface area contributed by atoms with Crippen LogP contribution in [0.15, 0.2) is 72.6 Å². The van der Waals surface area contributed by atoms with E-state index in [1.807, 2.05) is 65.6 Å². The molecule has 0 N–H and O–H groups in total. The lowest BCUT2D eigenvalue weighted by Gasteiger charge is -2.24. The highest BCUT2D eigenvalue weighted by Crippen LogP contribution is 2.35. The Hall–Kier alpha value is -2.75. The van der Waals surface area contributed by atoms with E-state index in [1.54, 1.807) is 6.20 Å². The molecule has 1 atom stereocenters. The Kier molecular flexibility index (Phi) is 3.60. The topological polar surface area (TPSA) is 38.8 Å². The van der Waals surface area contributed by atoms with Crippen LogP contribution in [0.5, 0.6) is 0 Å². The number of nitrogens with zero attached hydrogens (tertiary/aromatic N) is 1. The lowest BCUT2D eigenvalue weighted by Crippen LogP contribution is -2.19. The first kappa shape index (κ1) is 13.2. The van der Waals surface area contributed by atoms with Gasteiger partial charge in [-0.2, -0.15) is 0 Å². The monoisotopic (exact) mass is 281 g/mol. The molecule has 1 heterocycles. The Bertz CT molecular complexity index is 652. The molecule has 4 heteroatoms. The lowest BCUT2D eigenvalue weighted by molar-refractivity contribution is -0.140. The average Bonchev–Trinajstić information content (AvgIpc) is 3.01. The van der Waals surface area contributed by atoms with E-state index in [0.29, 0.717) is 0 Å². The van der Waals surface area contributed by atoms with Crippen LogP contribution < -0.4 is 4.90 Å². The molecule has 1 unspecified atom stereocenters. The van der Waals surface area contributed by atoms with Crippen LogP contribution in [0, 0.1) is 0 Å². The summed E-state index contributed by atoms with van der Waals surface area (Å²) in [6.07, 6.45) is 1.31. The predicted molar refractivity (Wildman–Crippen MR) is 79.3 cm³/mol. The van der Waals surface area contributed by atoms with Crippen molar-refractivity contribution in [3.05, 3.63) is 78.2 Å². The minimum atomic E-state index is -0.477. The SMILES string of the molecule is COC(=O)C1=CN(c2ccccc2)C(c2ccccc2)O1. The van der Waals surface area contributed by atoms with Gasteiger partial charge in [0.1, 0.15) is 0 Å². The predicted octanol–water partition coefficient (Wildman–Crippen LogP) is 3.24.